The zero-order valence-electron chi connectivity index (χ0n) is 12.4. The molecule has 0 radical (unpaired) electrons. The van der Waals surface area contributed by atoms with Crippen molar-refractivity contribution in [1.82, 2.24) is 5.32 Å². The van der Waals surface area contributed by atoms with Crippen molar-refractivity contribution in [2.24, 2.45) is 0 Å². The molecule has 1 fully saturated rings. The van der Waals surface area contributed by atoms with Gasteiger partial charge in [-0.25, -0.2) is 0 Å². The van der Waals surface area contributed by atoms with E-state index in [1.807, 2.05) is 0 Å². The summed E-state index contributed by atoms with van der Waals surface area (Å²) in [6.07, 6.45) is 7.14. The molecule has 1 aliphatic rings. The molecular formula is C17H27NO. The van der Waals surface area contributed by atoms with Gasteiger partial charge in [-0.2, -0.15) is 0 Å². The molecule has 0 aliphatic heterocycles. The molecule has 0 heterocycles. The van der Waals surface area contributed by atoms with Crippen LogP contribution >= 0.6 is 0 Å². The maximum absolute atomic E-state index is 5.90. The predicted octanol–water partition coefficient (Wildman–Crippen LogP) is 3.74. The minimum atomic E-state index is 0.525. The van der Waals surface area contributed by atoms with Crippen molar-refractivity contribution in [3.63, 3.8) is 0 Å². The highest BCUT2D eigenvalue weighted by Crippen LogP contribution is 2.19. The van der Waals surface area contributed by atoms with E-state index in [1.54, 1.807) is 0 Å². The molecule has 1 N–H and O–H groups in total. The van der Waals surface area contributed by atoms with E-state index in [4.69, 9.17) is 4.74 Å². The number of ether oxygens (including phenoxy) is 1. The van der Waals surface area contributed by atoms with Gasteiger partial charge >= 0.3 is 0 Å². The lowest BCUT2D eigenvalue weighted by Gasteiger charge is -2.22. The Balaban J connectivity index is 1.59. The molecule has 0 bridgehead atoms. The fraction of sp³-hybridized carbons (Fsp3) is 0.647. The molecule has 2 rings (SSSR count). The number of hydrogen-bond donors (Lipinski definition) is 1. The third-order valence-corrected chi connectivity index (χ3v) is 4.09. The number of benzene rings is 1. The summed E-state index contributed by atoms with van der Waals surface area (Å²) >= 11 is 0. The number of rotatable bonds is 6. The summed E-state index contributed by atoms with van der Waals surface area (Å²) in [6.45, 7) is 7.06. The van der Waals surface area contributed by atoms with E-state index < -0.39 is 0 Å². The van der Waals surface area contributed by atoms with E-state index in [-0.39, 0.29) is 0 Å². The Hall–Kier alpha value is -0.860. The molecular weight excluding hydrogens is 234 g/mol. The SMILES string of the molecule is Cc1ccc(CNCCOC2CCCCC2)cc1C. The standard InChI is InChI=1S/C17H27NO/c1-14-8-9-16(12-15(14)2)13-18-10-11-19-17-6-4-3-5-7-17/h8-9,12,17-18H,3-7,10-11,13H2,1-2H3. The van der Waals surface area contributed by atoms with Crippen LogP contribution in [0.1, 0.15) is 48.8 Å². The lowest BCUT2D eigenvalue weighted by atomic mass is 9.98. The van der Waals surface area contributed by atoms with Crippen LogP contribution < -0.4 is 5.32 Å². The van der Waals surface area contributed by atoms with Gasteiger partial charge in [0.25, 0.3) is 0 Å². The second-order valence-electron chi connectivity index (χ2n) is 5.73. The molecule has 0 aromatic heterocycles. The van der Waals surface area contributed by atoms with Crippen LogP contribution in [0.3, 0.4) is 0 Å². The van der Waals surface area contributed by atoms with Crippen molar-refractivity contribution in [2.45, 2.75) is 58.6 Å². The van der Waals surface area contributed by atoms with Crippen LogP contribution in [-0.2, 0) is 11.3 Å². The molecule has 0 saturated heterocycles. The predicted molar refractivity (Wildman–Crippen MR) is 80.4 cm³/mol. The Kier molecular flexibility index (Phi) is 5.87. The highest BCUT2D eigenvalue weighted by atomic mass is 16.5. The van der Waals surface area contributed by atoms with E-state index in [0.29, 0.717) is 6.10 Å². The summed E-state index contributed by atoms with van der Waals surface area (Å²) < 4.78 is 5.90. The zero-order valence-corrected chi connectivity index (χ0v) is 12.4. The molecule has 0 amide bonds. The first-order valence-corrected chi connectivity index (χ1v) is 7.64. The Morgan fingerprint density at radius 3 is 2.63 bits per heavy atom. The van der Waals surface area contributed by atoms with Crippen LogP contribution in [-0.4, -0.2) is 19.3 Å². The normalized spacial score (nSPS) is 16.7. The second kappa shape index (κ2) is 7.66. The lowest BCUT2D eigenvalue weighted by Crippen LogP contribution is -2.24. The van der Waals surface area contributed by atoms with E-state index in [2.05, 4.69) is 37.4 Å². The summed E-state index contributed by atoms with van der Waals surface area (Å²) in [5, 5.41) is 3.46. The summed E-state index contributed by atoms with van der Waals surface area (Å²) in [6, 6.07) is 6.67. The molecule has 1 aliphatic carbocycles. The maximum Gasteiger partial charge on any atom is 0.0594 e. The molecule has 2 heteroatoms. The van der Waals surface area contributed by atoms with Gasteiger partial charge < -0.3 is 10.1 Å². The molecule has 1 aromatic rings. The molecule has 1 saturated carbocycles. The Labute approximate surface area is 117 Å². The Morgan fingerprint density at radius 2 is 1.89 bits per heavy atom. The van der Waals surface area contributed by atoms with Crippen molar-refractivity contribution >= 4 is 0 Å². The van der Waals surface area contributed by atoms with Gasteiger partial charge in [0.2, 0.25) is 0 Å². The molecule has 106 valence electrons. The Bertz CT molecular complexity index is 383. The first kappa shape index (κ1) is 14.5. The quantitative estimate of drug-likeness (QED) is 0.788. The lowest BCUT2D eigenvalue weighted by molar-refractivity contribution is 0.0302. The number of nitrogens with one attached hydrogen (secondary N) is 1. The van der Waals surface area contributed by atoms with E-state index in [9.17, 15) is 0 Å². The molecule has 0 atom stereocenters. The number of hydrogen-bond acceptors (Lipinski definition) is 2. The van der Waals surface area contributed by atoms with Gasteiger partial charge in [-0.1, -0.05) is 37.5 Å². The van der Waals surface area contributed by atoms with Gasteiger partial charge in [0.05, 0.1) is 12.7 Å². The van der Waals surface area contributed by atoms with E-state index >= 15 is 0 Å². The highest BCUT2D eigenvalue weighted by molar-refractivity contribution is 5.29. The average molecular weight is 261 g/mol. The summed E-state index contributed by atoms with van der Waals surface area (Å²) in [7, 11) is 0. The molecule has 19 heavy (non-hydrogen) atoms. The van der Waals surface area contributed by atoms with Crippen molar-refractivity contribution in [2.75, 3.05) is 13.2 Å². The van der Waals surface area contributed by atoms with E-state index in [1.165, 1.54) is 48.8 Å². The largest absolute Gasteiger partial charge is 0.377 e. The van der Waals surface area contributed by atoms with Gasteiger partial charge in [-0.15, -0.1) is 0 Å². The minimum Gasteiger partial charge on any atom is -0.377 e. The fourth-order valence-corrected chi connectivity index (χ4v) is 2.68. The van der Waals surface area contributed by atoms with Gasteiger partial charge in [-0.3, -0.25) is 0 Å². The Morgan fingerprint density at radius 1 is 1.11 bits per heavy atom. The van der Waals surface area contributed by atoms with Crippen molar-refractivity contribution in [3.8, 4) is 0 Å². The topological polar surface area (TPSA) is 21.3 Å². The average Bonchev–Trinajstić information content (AvgIpc) is 2.43. The summed E-state index contributed by atoms with van der Waals surface area (Å²) in [5.74, 6) is 0. The van der Waals surface area contributed by atoms with Crippen LogP contribution in [0.15, 0.2) is 18.2 Å². The van der Waals surface area contributed by atoms with Crippen molar-refractivity contribution in [1.29, 1.82) is 0 Å². The van der Waals surface area contributed by atoms with Crippen LogP contribution in [0, 0.1) is 13.8 Å². The van der Waals surface area contributed by atoms with Gasteiger partial charge in [0, 0.05) is 13.1 Å². The zero-order chi connectivity index (χ0) is 13.5. The van der Waals surface area contributed by atoms with Crippen LogP contribution in [0.2, 0.25) is 0 Å². The summed E-state index contributed by atoms with van der Waals surface area (Å²) in [5.41, 5.74) is 4.10. The highest BCUT2D eigenvalue weighted by Gasteiger charge is 2.12. The monoisotopic (exact) mass is 261 g/mol. The number of aryl methyl sites for hydroxylation is 2. The molecule has 0 spiro atoms. The molecule has 0 unspecified atom stereocenters. The van der Waals surface area contributed by atoms with Crippen molar-refractivity contribution in [3.05, 3.63) is 34.9 Å². The van der Waals surface area contributed by atoms with Gasteiger partial charge in [0.15, 0.2) is 0 Å². The van der Waals surface area contributed by atoms with Gasteiger partial charge in [-0.05, 0) is 43.4 Å². The third-order valence-electron chi connectivity index (χ3n) is 4.09. The van der Waals surface area contributed by atoms with Crippen molar-refractivity contribution < 1.29 is 4.74 Å². The van der Waals surface area contributed by atoms with E-state index in [0.717, 1.165) is 19.7 Å². The maximum atomic E-state index is 5.90. The second-order valence-corrected chi connectivity index (χ2v) is 5.73. The molecule has 2 nitrogen and oxygen atoms in total. The third kappa shape index (κ3) is 4.96. The minimum absolute atomic E-state index is 0.525. The van der Waals surface area contributed by atoms with Gasteiger partial charge in [0.1, 0.15) is 0 Å². The fourth-order valence-electron chi connectivity index (χ4n) is 2.68. The summed E-state index contributed by atoms with van der Waals surface area (Å²) in [4.78, 5) is 0. The van der Waals surface area contributed by atoms with Crippen LogP contribution in [0.25, 0.3) is 0 Å². The first-order chi connectivity index (χ1) is 9.25. The van der Waals surface area contributed by atoms with Crippen LogP contribution in [0.4, 0.5) is 0 Å². The molecule has 1 aromatic carbocycles. The first-order valence-electron chi connectivity index (χ1n) is 7.64. The smallest absolute Gasteiger partial charge is 0.0594 e. The van der Waals surface area contributed by atoms with Crippen LogP contribution in [0.5, 0.6) is 0 Å².